The lowest BCUT2D eigenvalue weighted by Crippen LogP contribution is -2.25. The van der Waals surface area contributed by atoms with Crippen molar-refractivity contribution in [3.8, 4) is 0 Å². The normalized spacial score (nSPS) is 30.0. The predicted octanol–water partition coefficient (Wildman–Crippen LogP) is 8.01. The topological polar surface area (TPSA) is 0 Å². The summed E-state index contributed by atoms with van der Waals surface area (Å²) in [6.45, 7) is 2.10. The molecule has 2 fully saturated rings. The maximum atomic E-state index is 14.3. The van der Waals surface area contributed by atoms with E-state index in [4.69, 9.17) is 0 Å². The summed E-state index contributed by atoms with van der Waals surface area (Å²) in [4.78, 5) is 0. The zero-order valence-electron chi connectivity index (χ0n) is 15.8. The van der Waals surface area contributed by atoms with Crippen LogP contribution in [0.5, 0.6) is 0 Å². The highest BCUT2D eigenvalue weighted by Gasteiger charge is 2.32. The molecule has 2 aliphatic carbocycles. The number of hydrogen-bond donors (Lipinski definition) is 0. The minimum Gasteiger partial charge on any atom is -0.203 e. The van der Waals surface area contributed by atoms with Gasteiger partial charge in [0.15, 0.2) is 11.6 Å². The van der Waals surface area contributed by atoms with Crippen molar-refractivity contribution in [3.05, 3.63) is 45.1 Å². The van der Waals surface area contributed by atoms with Gasteiger partial charge in [-0.05, 0) is 116 Å². The molecule has 0 spiro atoms. The van der Waals surface area contributed by atoms with Gasteiger partial charge in [0.1, 0.15) is 0 Å². The number of benzene rings is 1. The molecule has 0 atom stereocenters. The summed E-state index contributed by atoms with van der Waals surface area (Å²) in [7, 11) is 0. The van der Waals surface area contributed by atoms with Crippen LogP contribution < -0.4 is 0 Å². The molecule has 2 aliphatic rings. The second-order valence-electron chi connectivity index (χ2n) is 8.30. The molecule has 0 heterocycles. The van der Waals surface area contributed by atoms with E-state index in [2.05, 4.69) is 19.1 Å². The Morgan fingerprint density at radius 1 is 0.923 bits per heavy atom. The van der Waals surface area contributed by atoms with Gasteiger partial charge in [-0.1, -0.05) is 31.1 Å². The van der Waals surface area contributed by atoms with Gasteiger partial charge in [-0.2, -0.15) is 0 Å². The summed E-state index contributed by atoms with van der Waals surface area (Å²) in [5.41, 5.74) is 0.606. The monoisotopic (exact) mass is 472 g/mol. The van der Waals surface area contributed by atoms with Crippen LogP contribution in [0.15, 0.2) is 24.3 Å². The van der Waals surface area contributed by atoms with Crippen LogP contribution in [-0.2, 0) is 0 Å². The maximum absolute atomic E-state index is 14.3. The van der Waals surface area contributed by atoms with Crippen molar-refractivity contribution in [2.24, 2.45) is 17.8 Å². The molecule has 0 saturated heterocycles. The molecule has 144 valence electrons. The fourth-order valence-corrected chi connectivity index (χ4v) is 5.62. The molecule has 0 aromatic heterocycles. The zero-order chi connectivity index (χ0) is 18.5. The molecule has 3 heteroatoms. The molecular weight excluding hydrogens is 441 g/mol. The van der Waals surface area contributed by atoms with Gasteiger partial charge in [0.2, 0.25) is 0 Å². The van der Waals surface area contributed by atoms with Crippen molar-refractivity contribution >= 4 is 22.6 Å². The fraction of sp³-hybridized carbons (Fsp3) is 0.652. The Morgan fingerprint density at radius 2 is 1.54 bits per heavy atom. The lowest BCUT2D eigenvalue weighted by molar-refractivity contribution is 0.156. The van der Waals surface area contributed by atoms with Crippen molar-refractivity contribution < 1.29 is 8.78 Å². The van der Waals surface area contributed by atoms with Gasteiger partial charge in [0.05, 0.1) is 3.57 Å². The van der Waals surface area contributed by atoms with E-state index in [0.29, 0.717) is 9.13 Å². The van der Waals surface area contributed by atoms with Gasteiger partial charge in [0.25, 0.3) is 0 Å². The van der Waals surface area contributed by atoms with E-state index >= 15 is 0 Å². The molecule has 0 amide bonds. The molecule has 26 heavy (non-hydrogen) atoms. The molecule has 0 nitrogen and oxygen atoms in total. The van der Waals surface area contributed by atoms with Crippen LogP contribution in [0.2, 0.25) is 0 Å². The lowest BCUT2D eigenvalue weighted by Gasteiger charge is -2.38. The van der Waals surface area contributed by atoms with Gasteiger partial charge in [-0.15, -0.1) is 0 Å². The van der Waals surface area contributed by atoms with Gasteiger partial charge >= 0.3 is 0 Å². The Bertz CT molecular complexity index is 609. The average molecular weight is 472 g/mol. The van der Waals surface area contributed by atoms with Crippen LogP contribution >= 0.6 is 22.6 Å². The predicted molar refractivity (Wildman–Crippen MR) is 113 cm³/mol. The molecule has 1 aromatic carbocycles. The first kappa shape index (κ1) is 20.3. The summed E-state index contributed by atoms with van der Waals surface area (Å²) in [6, 6.07) is 3.52. The minimum atomic E-state index is -0.665. The Kier molecular flexibility index (Phi) is 7.54. The minimum absolute atomic E-state index is 0.204. The van der Waals surface area contributed by atoms with Crippen molar-refractivity contribution in [2.75, 3.05) is 0 Å². The highest BCUT2D eigenvalue weighted by Crippen LogP contribution is 2.45. The molecule has 0 radical (unpaired) electrons. The quantitative estimate of drug-likeness (QED) is 0.231. The standard InChI is InChI=1S/C23H31F2I/c1-2-3-4-5-16-6-8-17(9-7-16)18-10-12-19(13-11-18)20-14-15-21(26)23(25)22(20)24/h2-3,14-19H,4-13H2,1H3/b3-2+. The fourth-order valence-electron chi connectivity index (χ4n) is 5.20. The number of allylic oxidation sites excluding steroid dienone is 2. The van der Waals surface area contributed by atoms with Crippen LogP contribution in [0, 0.1) is 33.0 Å². The Hall–Kier alpha value is -0.450. The average Bonchev–Trinajstić information content (AvgIpc) is 2.67. The van der Waals surface area contributed by atoms with Crippen LogP contribution in [0.3, 0.4) is 0 Å². The van der Waals surface area contributed by atoms with Crippen LogP contribution in [0.1, 0.15) is 82.6 Å². The van der Waals surface area contributed by atoms with Crippen molar-refractivity contribution in [3.63, 3.8) is 0 Å². The van der Waals surface area contributed by atoms with Crippen LogP contribution in [-0.4, -0.2) is 0 Å². The Morgan fingerprint density at radius 3 is 2.15 bits per heavy atom. The van der Waals surface area contributed by atoms with Crippen molar-refractivity contribution in [1.29, 1.82) is 0 Å². The van der Waals surface area contributed by atoms with Gasteiger partial charge in [-0.3, -0.25) is 0 Å². The summed E-state index contributed by atoms with van der Waals surface area (Å²) < 4.78 is 28.5. The molecule has 1 aromatic rings. The highest BCUT2D eigenvalue weighted by molar-refractivity contribution is 14.1. The van der Waals surface area contributed by atoms with E-state index in [9.17, 15) is 8.78 Å². The first-order valence-electron chi connectivity index (χ1n) is 10.3. The highest BCUT2D eigenvalue weighted by atomic mass is 127. The second-order valence-corrected chi connectivity index (χ2v) is 9.47. The van der Waals surface area contributed by atoms with E-state index in [0.717, 1.165) is 30.6 Å². The van der Waals surface area contributed by atoms with E-state index in [-0.39, 0.29) is 5.92 Å². The third-order valence-corrected chi connectivity index (χ3v) is 7.65. The number of rotatable bonds is 5. The largest absolute Gasteiger partial charge is 0.203 e. The first-order valence-corrected chi connectivity index (χ1v) is 11.4. The zero-order valence-corrected chi connectivity index (χ0v) is 18.0. The van der Waals surface area contributed by atoms with Crippen molar-refractivity contribution in [1.82, 2.24) is 0 Å². The molecule has 0 unspecified atom stereocenters. The molecule has 3 rings (SSSR count). The van der Waals surface area contributed by atoms with E-state index in [1.807, 2.05) is 22.6 Å². The summed E-state index contributed by atoms with van der Waals surface area (Å²) in [5.74, 6) is 1.52. The third kappa shape index (κ3) is 4.88. The smallest absolute Gasteiger partial charge is 0.172 e. The van der Waals surface area contributed by atoms with Crippen LogP contribution in [0.4, 0.5) is 8.78 Å². The van der Waals surface area contributed by atoms with Gasteiger partial charge in [0, 0.05) is 0 Å². The molecule has 0 aliphatic heterocycles. The Balaban J connectivity index is 1.48. The second kappa shape index (κ2) is 9.66. The summed E-state index contributed by atoms with van der Waals surface area (Å²) in [5, 5.41) is 0. The molecular formula is C23H31F2I. The number of halogens is 3. The van der Waals surface area contributed by atoms with E-state index in [1.54, 1.807) is 12.1 Å². The van der Waals surface area contributed by atoms with Gasteiger partial charge in [-0.25, -0.2) is 8.78 Å². The molecule has 2 saturated carbocycles. The first-order chi connectivity index (χ1) is 12.6. The molecule has 0 N–H and O–H groups in total. The Labute approximate surface area is 171 Å². The maximum Gasteiger partial charge on any atom is 0.172 e. The third-order valence-electron chi connectivity index (χ3n) is 6.81. The number of hydrogen-bond acceptors (Lipinski definition) is 0. The lowest BCUT2D eigenvalue weighted by atomic mass is 9.68. The SMILES string of the molecule is C/C=C/CCC1CCC(C2CCC(c3ccc(I)c(F)c3F)CC2)CC1. The van der Waals surface area contributed by atoms with Gasteiger partial charge < -0.3 is 0 Å². The van der Waals surface area contributed by atoms with Crippen LogP contribution in [0.25, 0.3) is 0 Å². The molecule has 0 bridgehead atoms. The summed E-state index contributed by atoms with van der Waals surface area (Å²) >= 11 is 1.86. The van der Waals surface area contributed by atoms with Crippen molar-refractivity contribution in [2.45, 2.75) is 77.0 Å². The van der Waals surface area contributed by atoms with E-state index < -0.39 is 11.6 Å². The van der Waals surface area contributed by atoms with E-state index in [1.165, 1.54) is 51.4 Å². The summed E-state index contributed by atoms with van der Waals surface area (Å²) in [6.07, 6.45) is 17.0.